The van der Waals surface area contributed by atoms with Crippen LogP contribution in [0.25, 0.3) is 0 Å². The first kappa shape index (κ1) is 58.4. The number of hydrogen-bond donors (Lipinski definition) is 0. The van der Waals surface area contributed by atoms with Gasteiger partial charge in [-0.25, -0.2) is 0 Å². The van der Waals surface area contributed by atoms with E-state index in [-0.39, 0.29) is 31.1 Å². The molecule has 0 N–H and O–H groups in total. The number of carbonyl (C=O) groups is 3. The molecule has 0 spiro atoms. The highest BCUT2D eigenvalue weighted by Gasteiger charge is 2.19. The zero-order chi connectivity index (χ0) is 44.4. The molecule has 0 aromatic rings. The molecule has 0 aliphatic carbocycles. The summed E-state index contributed by atoms with van der Waals surface area (Å²) in [5.41, 5.74) is 0. The number of hydrogen-bond acceptors (Lipinski definition) is 6. The van der Waals surface area contributed by atoms with Crippen LogP contribution in [0.2, 0.25) is 0 Å². The summed E-state index contributed by atoms with van der Waals surface area (Å²) < 4.78 is 16.6. The van der Waals surface area contributed by atoms with Gasteiger partial charge in [0.15, 0.2) is 6.10 Å². The Kier molecular flexibility index (Phi) is 47.9. The van der Waals surface area contributed by atoms with E-state index in [1.807, 2.05) is 0 Å². The molecule has 0 aromatic carbocycles. The Morgan fingerprint density at radius 3 is 1.00 bits per heavy atom. The van der Waals surface area contributed by atoms with Gasteiger partial charge in [0, 0.05) is 19.3 Å². The van der Waals surface area contributed by atoms with E-state index in [1.54, 1.807) is 0 Å². The normalized spacial score (nSPS) is 12.4. The van der Waals surface area contributed by atoms with Gasteiger partial charge in [-0.2, -0.15) is 0 Å². The van der Waals surface area contributed by atoms with E-state index in [4.69, 9.17) is 14.2 Å². The molecule has 0 aromatic heterocycles. The molecule has 0 saturated carbocycles. The van der Waals surface area contributed by atoms with Gasteiger partial charge in [0.25, 0.3) is 0 Å². The molecule has 354 valence electrons. The van der Waals surface area contributed by atoms with Gasteiger partial charge in [-0.1, -0.05) is 236 Å². The summed E-state index contributed by atoms with van der Waals surface area (Å²) in [4.78, 5) is 37.5. The standard InChI is InChI=1S/C55H98O6/c1-4-7-10-13-15-17-18-19-20-21-22-23-24-25-26-27-28-29-30-31-32-33-34-35-36-38-39-42-45-48-54(57)60-51-52(50-59-53(56)47-44-41-12-9-6-3)61-55(58)49-46-43-40-37-16-14-11-8-5-2/h7,10,15,17,19-20,22-23,52H,4-6,8-9,11-14,16,18,21,24-51H2,1-3H3/b10-7-,17-15-,20-19-,23-22-. The van der Waals surface area contributed by atoms with E-state index in [1.165, 1.54) is 135 Å². The second kappa shape index (κ2) is 50.0. The number of carbonyl (C=O) groups excluding carboxylic acids is 3. The third-order valence-electron chi connectivity index (χ3n) is 11.3. The summed E-state index contributed by atoms with van der Waals surface area (Å²) in [5, 5.41) is 0. The Balaban J connectivity index is 3.90. The van der Waals surface area contributed by atoms with Gasteiger partial charge in [-0.3, -0.25) is 14.4 Å². The SMILES string of the molecule is CC/C=C\C/C=C\C/C=C\C/C=C\CCCCCCCCCCCCCCCCCCC(=O)OCC(COC(=O)CCCCCCC)OC(=O)CCCCCCCCCCC. The average molecular weight is 855 g/mol. The Labute approximate surface area is 378 Å². The van der Waals surface area contributed by atoms with Gasteiger partial charge < -0.3 is 14.2 Å². The lowest BCUT2D eigenvalue weighted by Crippen LogP contribution is -2.30. The molecular weight excluding hydrogens is 757 g/mol. The van der Waals surface area contributed by atoms with Crippen LogP contribution in [0.4, 0.5) is 0 Å². The summed E-state index contributed by atoms with van der Waals surface area (Å²) in [7, 11) is 0. The van der Waals surface area contributed by atoms with E-state index in [0.717, 1.165) is 89.9 Å². The smallest absolute Gasteiger partial charge is 0.306 e. The van der Waals surface area contributed by atoms with Crippen molar-refractivity contribution in [1.29, 1.82) is 0 Å². The van der Waals surface area contributed by atoms with Crippen molar-refractivity contribution in [2.24, 2.45) is 0 Å². The highest BCUT2D eigenvalue weighted by molar-refractivity contribution is 5.71. The molecule has 0 fully saturated rings. The van der Waals surface area contributed by atoms with Crippen LogP contribution in [0, 0.1) is 0 Å². The molecule has 0 amide bonds. The van der Waals surface area contributed by atoms with Crippen LogP contribution in [0.15, 0.2) is 48.6 Å². The molecule has 0 rings (SSSR count). The predicted molar refractivity (Wildman–Crippen MR) is 261 cm³/mol. The lowest BCUT2D eigenvalue weighted by atomic mass is 10.0. The van der Waals surface area contributed by atoms with E-state index in [2.05, 4.69) is 69.4 Å². The summed E-state index contributed by atoms with van der Waals surface area (Å²) in [6, 6.07) is 0. The second-order valence-corrected chi connectivity index (χ2v) is 17.4. The average Bonchev–Trinajstić information content (AvgIpc) is 3.26. The van der Waals surface area contributed by atoms with Crippen molar-refractivity contribution in [2.75, 3.05) is 13.2 Å². The minimum Gasteiger partial charge on any atom is -0.462 e. The topological polar surface area (TPSA) is 78.9 Å². The maximum Gasteiger partial charge on any atom is 0.306 e. The molecule has 0 radical (unpaired) electrons. The molecular formula is C55H98O6. The number of allylic oxidation sites excluding steroid dienone is 8. The molecule has 0 bridgehead atoms. The van der Waals surface area contributed by atoms with Crippen LogP contribution in [0.1, 0.15) is 265 Å². The van der Waals surface area contributed by atoms with Crippen LogP contribution in [0.5, 0.6) is 0 Å². The van der Waals surface area contributed by atoms with E-state index in [9.17, 15) is 14.4 Å². The Morgan fingerprint density at radius 2 is 0.639 bits per heavy atom. The zero-order valence-electron chi connectivity index (χ0n) is 40.4. The van der Waals surface area contributed by atoms with Gasteiger partial charge >= 0.3 is 17.9 Å². The van der Waals surface area contributed by atoms with Crippen molar-refractivity contribution in [2.45, 2.75) is 271 Å². The third kappa shape index (κ3) is 48.3. The minimum absolute atomic E-state index is 0.0696. The van der Waals surface area contributed by atoms with Gasteiger partial charge in [-0.15, -0.1) is 0 Å². The highest BCUT2D eigenvalue weighted by atomic mass is 16.6. The first-order chi connectivity index (χ1) is 30.0. The molecule has 6 nitrogen and oxygen atoms in total. The highest BCUT2D eigenvalue weighted by Crippen LogP contribution is 2.16. The van der Waals surface area contributed by atoms with Crippen molar-refractivity contribution in [3.8, 4) is 0 Å². The number of unbranched alkanes of at least 4 members (excludes halogenated alkanes) is 28. The fourth-order valence-corrected chi connectivity index (χ4v) is 7.43. The molecule has 0 saturated heterocycles. The fourth-order valence-electron chi connectivity index (χ4n) is 7.43. The molecule has 0 heterocycles. The van der Waals surface area contributed by atoms with Crippen molar-refractivity contribution in [3.05, 3.63) is 48.6 Å². The van der Waals surface area contributed by atoms with Crippen molar-refractivity contribution >= 4 is 17.9 Å². The summed E-state index contributed by atoms with van der Waals surface area (Å²) in [6.45, 7) is 6.43. The molecule has 1 unspecified atom stereocenters. The Morgan fingerprint density at radius 1 is 0.344 bits per heavy atom. The Bertz CT molecular complexity index is 1070. The molecule has 61 heavy (non-hydrogen) atoms. The predicted octanol–water partition coefficient (Wildman–Crippen LogP) is 17.1. The lowest BCUT2D eigenvalue weighted by molar-refractivity contribution is -0.167. The number of rotatable bonds is 47. The zero-order valence-corrected chi connectivity index (χ0v) is 40.4. The first-order valence-corrected chi connectivity index (χ1v) is 26.1. The Hall–Kier alpha value is -2.63. The third-order valence-corrected chi connectivity index (χ3v) is 11.3. The van der Waals surface area contributed by atoms with E-state index >= 15 is 0 Å². The van der Waals surface area contributed by atoms with Gasteiger partial charge in [0.05, 0.1) is 0 Å². The van der Waals surface area contributed by atoms with Crippen LogP contribution in [0.3, 0.4) is 0 Å². The monoisotopic (exact) mass is 855 g/mol. The van der Waals surface area contributed by atoms with Gasteiger partial charge in [-0.05, 0) is 57.8 Å². The van der Waals surface area contributed by atoms with Crippen molar-refractivity contribution in [3.63, 3.8) is 0 Å². The number of esters is 3. The number of ether oxygens (including phenoxy) is 3. The maximum absolute atomic E-state index is 12.6. The molecule has 0 aliphatic heterocycles. The van der Waals surface area contributed by atoms with E-state index in [0.29, 0.717) is 19.3 Å². The fraction of sp³-hybridized carbons (Fsp3) is 0.800. The summed E-state index contributed by atoms with van der Waals surface area (Å²) in [6.07, 6.45) is 60.2. The quantitative estimate of drug-likeness (QED) is 0.0263. The minimum atomic E-state index is -0.762. The molecule has 6 heteroatoms. The van der Waals surface area contributed by atoms with Crippen LogP contribution in [-0.2, 0) is 28.6 Å². The molecule has 1 atom stereocenters. The van der Waals surface area contributed by atoms with Crippen LogP contribution >= 0.6 is 0 Å². The first-order valence-electron chi connectivity index (χ1n) is 26.1. The van der Waals surface area contributed by atoms with Crippen molar-refractivity contribution in [1.82, 2.24) is 0 Å². The van der Waals surface area contributed by atoms with Crippen LogP contribution < -0.4 is 0 Å². The summed E-state index contributed by atoms with van der Waals surface area (Å²) >= 11 is 0. The largest absolute Gasteiger partial charge is 0.462 e. The van der Waals surface area contributed by atoms with Crippen LogP contribution in [-0.4, -0.2) is 37.2 Å². The lowest BCUT2D eigenvalue weighted by Gasteiger charge is -2.18. The van der Waals surface area contributed by atoms with Gasteiger partial charge in [0.1, 0.15) is 13.2 Å². The maximum atomic E-state index is 12.6. The van der Waals surface area contributed by atoms with Crippen molar-refractivity contribution < 1.29 is 28.6 Å². The van der Waals surface area contributed by atoms with Gasteiger partial charge in [0.2, 0.25) is 0 Å². The second-order valence-electron chi connectivity index (χ2n) is 17.4. The molecule has 0 aliphatic rings. The summed E-state index contributed by atoms with van der Waals surface area (Å²) in [5.74, 6) is -0.880. The van der Waals surface area contributed by atoms with E-state index < -0.39 is 6.10 Å².